The van der Waals surface area contributed by atoms with Crippen LogP contribution >= 0.6 is 0 Å². The van der Waals surface area contributed by atoms with E-state index in [0.717, 1.165) is 11.6 Å². The lowest BCUT2D eigenvalue weighted by Crippen LogP contribution is -2.14. The molecular weight excluding hydrogens is 316 g/mol. The smallest absolute Gasteiger partial charge is 0.270 e. The van der Waals surface area contributed by atoms with E-state index in [9.17, 15) is 18.5 Å². The molecule has 0 spiro atoms. The lowest BCUT2D eigenvalue weighted by atomic mass is 10.0. The van der Waals surface area contributed by atoms with Gasteiger partial charge in [-0.1, -0.05) is 32.0 Å². The van der Waals surface area contributed by atoms with Crippen LogP contribution in [0.3, 0.4) is 0 Å². The largest absolute Gasteiger partial charge is 0.280 e. The summed E-state index contributed by atoms with van der Waals surface area (Å²) in [6.07, 6.45) is 0. The summed E-state index contributed by atoms with van der Waals surface area (Å²) in [6.45, 7) is 5.69. The summed E-state index contributed by atoms with van der Waals surface area (Å²) in [7, 11) is -3.89. The van der Waals surface area contributed by atoms with Crippen LogP contribution in [0, 0.1) is 17.0 Å². The van der Waals surface area contributed by atoms with Crippen LogP contribution < -0.4 is 4.72 Å². The van der Waals surface area contributed by atoms with E-state index < -0.39 is 14.9 Å². The molecule has 0 aromatic heterocycles. The fourth-order valence-electron chi connectivity index (χ4n) is 2.14. The minimum absolute atomic E-state index is 0.0976. The van der Waals surface area contributed by atoms with Gasteiger partial charge in [-0.15, -0.1) is 0 Å². The molecule has 0 aliphatic heterocycles. The number of hydrogen-bond acceptors (Lipinski definition) is 4. The molecule has 0 saturated carbocycles. The zero-order valence-corrected chi connectivity index (χ0v) is 13.9. The Bertz CT molecular complexity index is 828. The zero-order chi connectivity index (χ0) is 17.2. The molecule has 0 atom stereocenters. The molecule has 0 bridgehead atoms. The van der Waals surface area contributed by atoms with Crippen molar-refractivity contribution in [1.82, 2.24) is 0 Å². The first kappa shape index (κ1) is 17.0. The van der Waals surface area contributed by atoms with Crippen LogP contribution in [0.2, 0.25) is 0 Å². The molecule has 0 aliphatic rings. The van der Waals surface area contributed by atoms with E-state index in [0.29, 0.717) is 17.2 Å². The van der Waals surface area contributed by atoms with Gasteiger partial charge in [0.25, 0.3) is 15.7 Å². The van der Waals surface area contributed by atoms with Crippen molar-refractivity contribution in [2.24, 2.45) is 0 Å². The summed E-state index contributed by atoms with van der Waals surface area (Å²) in [5.74, 6) is 0.347. The minimum atomic E-state index is -3.89. The number of nitro benzene ring substituents is 1. The average Bonchev–Trinajstić information content (AvgIpc) is 2.47. The molecule has 0 heterocycles. The van der Waals surface area contributed by atoms with Crippen molar-refractivity contribution in [3.05, 3.63) is 63.7 Å². The number of nitrogens with zero attached hydrogens (tertiary/aromatic N) is 1. The summed E-state index contributed by atoms with van der Waals surface area (Å²) < 4.78 is 27.4. The standard InChI is InChI=1S/C16H18N2O4S/c1-11(2)13-5-7-14(8-6-13)17-23(21,22)16-10-15(18(19)20)9-4-12(16)3/h4-11,17H,1-3H3. The van der Waals surface area contributed by atoms with Crippen molar-refractivity contribution in [3.8, 4) is 0 Å². The molecule has 122 valence electrons. The van der Waals surface area contributed by atoms with E-state index in [1.54, 1.807) is 19.1 Å². The molecule has 2 rings (SSSR count). The summed E-state index contributed by atoms with van der Waals surface area (Å²) in [5.41, 5.74) is 1.70. The summed E-state index contributed by atoms with van der Waals surface area (Å²) in [6, 6.07) is 10.8. The molecule has 23 heavy (non-hydrogen) atoms. The Morgan fingerprint density at radius 2 is 1.70 bits per heavy atom. The number of sulfonamides is 1. The van der Waals surface area contributed by atoms with E-state index in [2.05, 4.69) is 4.72 Å². The monoisotopic (exact) mass is 334 g/mol. The van der Waals surface area contributed by atoms with Gasteiger partial charge in [0, 0.05) is 17.8 Å². The topological polar surface area (TPSA) is 89.3 Å². The van der Waals surface area contributed by atoms with Crippen LogP contribution in [0.5, 0.6) is 0 Å². The van der Waals surface area contributed by atoms with Crippen molar-refractivity contribution in [2.75, 3.05) is 4.72 Å². The van der Waals surface area contributed by atoms with Gasteiger partial charge in [-0.05, 0) is 36.1 Å². The van der Waals surface area contributed by atoms with E-state index in [1.165, 1.54) is 12.1 Å². The van der Waals surface area contributed by atoms with Gasteiger partial charge in [-0.25, -0.2) is 8.42 Å². The second kappa shape index (κ2) is 6.37. The Morgan fingerprint density at radius 1 is 1.09 bits per heavy atom. The molecule has 6 nitrogen and oxygen atoms in total. The molecule has 0 unspecified atom stereocenters. The molecule has 2 aromatic carbocycles. The number of rotatable bonds is 5. The minimum Gasteiger partial charge on any atom is -0.280 e. The lowest BCUT2D eigenvalue weighted by Gasteiger charge is -2.11. The highest BCUT2D eigenvalue weighted by atomic mass is 32.2. The third kappa shape index (κ3) is 3.87. The number of non-ortho nitro benzene ring substituents is 1. The van der Waals surface area contributed by atoms with Gasteiger partial charge in [-0.3, -0.25) is 14.8 Å². The Morgan fingerprint density at radius 3 is 2.22 bits per heavy atom. The van der Waals surface area contributed by atoms with E-state index in [1.807, 2.05) is 26.0 Å². The number of nitro groups is 1. The number of nitrogens with one attached hydrogen (secondary N) is 1. The Hall–Kier alpha value is -2.41. The molecule has 0 amide bonds. The summed E-state index contributed by atoms with van der Waals surface area (Å²) in [4.78, 5) is 10.1. The lowest BCUT2D eigenvalue weighted by molar-refractivity contribution is -0.385. The first-order valence-electron chi connectivity index (χ1n) is 7.08. The zero-order valence-electron chi connectivity index (χ0n) is 13.1. The molecule has 2 aromatic rings. The number of hydrogen-bond donors (Lipinski definition) is 1. The summed E-state index contributed by atoms with van der Waals surface area (Å²) in [5, 5.41) is 10.8. The normalized spacial score (nSPS) is 11.5. The second-order valence-electron chi connectivity index (χ2n) is 5.59. The third-order valence-corrected chi connectivity index (χ3v) is 5.02. The predicted molar refractivity (Wildman–Crippen MR) is 89.2 cm³/mol. The van der Waals surface area contributed by atoms with Gasteiger partial charge < -0.3 is 0 Å². The maximum absolute atomic E-state index is 12.5. The molecule has 1 N–H and O–H groups in total. The maximum atomic E-state index is 12.5. The molecule has 0 fully saturated rings. The van der Waals surface area contributed by atoms with Crippen molar-refractivity contribution in [2.45, 2.75) is 31.6 Å². The molecule has 7 heteroatoms. The van der Waals surface area contributed by atoms with E-state index in [4.69, 9.17) is 0 Å². The van der Waals surface area contributed by atoms with Crippen molar-refractivity contribution in [3.63, 3.8) is 0 Å². The highest BCUT2D eigenvalue weighted by molar-refractivity contribution is 7.92. The van der Waals surface area contributed by atoms with Crippen LogP contribution in [0.25, 0.3) is 0 Å². The second-order valence-corrected chi connectivity index (χ2v) is 7.24. The van der Waals surface area contributed by atoms with Gasteiger partial charge in [-0.2, -0.15) is 0 Å². The summed E-state index contributed by atoms with van der Waals surface area (Å²) >= 11 is 0. The van der Waals surface area contributed by atoms with Gasteiger partial charge in [0.2, 0.25) is 0 Å². The van der Waals surface area contributed by atoms with Crippen LogP contribution in [-0.2, 0) is 10.0 Å². The average molecular weight is 334 g/mol. The predicted octanol–water partition coefficient (Wildman–Crippen LogP) is 3.83. The highest BCUT2D eigenvalue weighted by Gasteiger charge is 2.20. The van der Waals surface area contributed by atoms with Crippen LogP contribution in [0.1, 0.15) is 30.9 Å². The molecular formula is C16H18N2O4S. The number of anilines is 1. The first-order chi connectivity index (χ1) is 10.7. The fourth-order valence-corrected chi connectivity index (χ4v) is 3.46. The fraction of sp³-hybridized carbons (Fsp3) is 0.250. The van der Waals surface area contributed by atoms with Crippen molar-refractivity contribution >= 4 is 21.4 Å². The molecule has 0 aliphatic carbocycles. The maximum Gasteiger partial charge on any atom is 0.270 e. The number of aryl methyl sites for hydroxylation is 1. The third-order valence-electron chi connectivity index (χ3n) is 3.50. The SMILES string of the molecule is Cc1ccc([N+](=O)[O-])cc1S(=O)(=O)Nc1ccc(C(C)C)cc1. The van der Waals surface area contributed by atoms with Crippen LogP contribution in [-0.4, -0.2) is 13.3 Å². The van der Waals surface area contributed by atoms with Gasteiger partial charge in [0.15, 0.2) is 0 Å². The van der Waals surface area contributed by atoms with E-state index in [-0.39, 0.29) is 10.6 Å². The molecule has 0 saturated heterocycles. The number of benzene rings is 2. The van der Waals surface area contributed by atoms with Crippen molar-refractivity contribution < 1.29 is 13.3 Å². The van der Waals surface area contributed by atoms with Crippen LogP contribution in [0.15, 0.2) is 47.4 Å². The van der Waals surface area contributed by atoms with Gasteiger partial charge in [0.1, 0.15) is 0 Å². The quantitative estimate of drug-likeness (QED) is 0.665. The van der Waals surface area contributed by atoms with Gasteiger partial charge >= 0.3 is 0 Å². The van der Waals surface area contributed by atoms with E-state index >= 15 is 0 Å². The Kier molecular flexibility index (Phi) is 4.70. The first-order valence-corrected chi connectivity index (χ1v) is 8.57. The molecule has 0 radical (unpaired) electrons. The van der Waals surface area contributed by atoms with Crippen LogP contribution in [0.4, 0.5) is 11.4 Å². The Labute approximate surface area is 135 Å². The van der Waals surface area contributed by atoms with Gasteiger partial charge in [0.05, 0.1) is 9.82 Å². The highest BCUT2D eigenvalue weighted by Crippen LogP contribution is 2.25. The Balaban J connectivity index is 2.35. The van der Waals surface area contributed by atoms with Crippen molar-refractivity contribution in [1.29, 1.82) is 0 Å².